The Kier molecular flexibility index (Phi) is 5.87. The average molecular weight is 433 g/mol. The van der Waals surface area contributed by atoms with Crippen molar-refractivity contribution in [2.24, 2.45) is 0 Å². The molecule has 0 aliphatic carbocycles. The second kappa shape index (κ2) is 8.08. The topological polar surface area (TPSA) is 117 Å². The summed E-state index contributed by atoms with van der Waals surface area (Å²) >= 11 is 0. The van der Waals surface area contributed by atoms with Crippen LogP contribution in [0.5, 0.6) is 0 Å². The van der Waals surface area contributed by atoms with E-state index in [2.05, 4.69) is 4.98 Å². The Balaban J connectivity index is 1.81. The van der Waals surface area contributed by atoms with E-state index in [9.17, 15) is 18.5 Å². The Labute approximate surface area is 175 Å². The maximum Gasteiger partial charge on any atom is 0.410 e. The highest BCUT2D eigenvalue weighted by Gasteiger charge is 2.36. The SMILES string of the molecule is Cc1ccccc1-c1nc(C#N)c(S(=O)(=O)N2CCN(C(=O)OC(C)(C)C)CC2)o1. The normalized spacial score (nSPS) is 15.6. The van der Waals surface area contributed by atoms with E-state index in [-0.39, 0.29) is 37.8 Å². The Hall–Kier alpha value is -2.90. The number of benzene rings is 1. The van der Waals surface area contributed by atoms with Crippen molar-refractivity contribution in [1.29, 1.82) is 5.26 Å². The zero-order valence-electron chi connectivity index (χ0n) is 17.4. The number of rotatable bonds is 3. The van der Waals surface area contributed by atoms with Crippen LogP contribution >= 0.6 is 0 Å². The van der Waals surface area contributed by atoms with Crippen molar-refractivity contribution in [1.82, 2.24) is 14.2 Å². The molecule has 2 aromatic rings. The van der Waals surface area contributed by atoms with Gasteiger partial charge in [-0.1, -0.05) is 18.2 Å². The highest BCUT2D eigenvalue weighted by atomic mass is 32.2. The minimum absolute atomic E-state index is 0.0623. The lowest BCUT2D eigenvalue weighted by atomic mass is 10.1. The van der Waals surface area contributed by atoms with Gasteiger partial charge in [-0.3, -0.25) is 0 Å². The van der Waals surface area contributed by atoms with E-state index < -0.39 is 26.8 Å². The zero-order valence-corrected chi connectivity index (χ0v) is 18.2. The van der Waals surface area contributed by atoms with Gasteiger partial charge in [0.05, 0.1) is 0 Å². The van der Waals surface area contributed by atoms with Crippen LogP contribution in [0.3, 0.4) is 0 Å². The molecule has 1 saturated heterocycles. The van der Waals surface area contributed by atoms with Gasteiger partial charge in [0, 0.05) is 31.7 Å². The van der Waals surface area contributed by atoms with Crippen LogP contribution < -0.4 is 0 Å². The van der Waals surface area contributed by atoms with Crippen molar-refractivity contribution in [3.8, 4) is 17.5 Å². The molecule has 160 valence electrons. The molecule has 0 atom stereocenters. The maximum absolute atomic E-state index is 13.1. The summed E-state index contributed by atoms with van der Waals surface area (Å²) in [4.78, 5) is 17.7. The summed E-state index contributed by atoms with van der Waals surface area (Å²) < 4.78 is 38.3. The maximum atomic E-state index is 13.1. The number of nitrogens with zero attached hydrogens (tertiary/aromatic N) is 4. The molecule has 1 amide bonds. The molecule has 3 rings (SSSR count). The smallest absolute Gasteiger partial charge is 0.410 e. The lowest BCUT2D eigenvalue weighted by molar-refractivity contribution is 0.0192. The van der Waals surface area contributed by atoms with E-state index in [0.717, 1.165) is 5.56 Å². The summed E-state index contributed by atoms with van der Waals surface area (Å²) in [6.07, 6.45) is -0.487. The molecule has 9 nitrogen and oxygen atoms in total. The standard InChI is InChI=1S/C20H24N4O5S/c1-14-7-5-6-8-15(14)17-22-16(13-21)18(28-17)30(26,27)24-11-9-23(10-12-24)19(25)29-20(2,3)4/h5-8H,9-12H2,1-4H3. The molecule has 0 bridgehead atoms. The van der Waals surface area contributed by atoms with Gasteiger partial charge in [-0.15, -0.1) is 0 Å². The largest absolute Gasteiger partial charge is 0.444 e. The fourth-order valence-electron chi connectivity index (χ4n) is 3.03. The van der Waals surface area contributed by atoms with Gasteiger partial charge in [0.15, 0.2) is 5.69 Å². The molecule has 0 spiro atoms. The first-order valence-electron chi connectivity index (χ1n) is 9.48. The van der Waals surface area contributed by atoms with E-state index in [0.29, 0.717) is 5.56 Å². The van der Waals surface area contributed by atoms with Crippen LogP contribution in [-0.4, -0.2) is 60.5 Å². The van der Waals surface area contributed by atoms with E-state index >= 15 is 0 Å². The summed E-state index contributed by atoms with van der Waals surface area (Å²) in [5.41, 5.74) is 0.541. The molecule has 1 aromatic heterocycles. The van der Waals surface area contributed by atoms with Gasteiger partial charge < -0.3 is 14.1 Å². The molecule has 1 aromatic carbocycles. The molecule has 1 fully saturated rings. The van der Waals surface area contributed by atoms with Crippen LogP contribution in [0.25, 0.3) is 11.5 Å². The average Bonchev–Trinajstić information content (AvgIpc) is 3.12. The third kappa shape index (κ3) is 4.47. The number of hydrogen-bond acceptors (Lipinski definition) is 7. The Morgan fingerprint density at radius 1 is 1.20 bits per heavy atom. The third-order valence-corrected chi connectivity index (χ3v) is 6.33. The number of amides is 1. The van der Waals surface area contributed by atoms with Crippen molar-refractivity contribution in [3.63, 3.8) is 0 Å². The number of sulfonamides is 1. The summed E-state index contributed by atoms with van der Waals surface area (Å²) in [7, 11) is -4.09. The van der Waals surface area contributed by atoms with Crippen molar-refractivity contribution in [3.05, 3.63) is 35.5 Å². The molecular weight excluding hydrogens is 408 g/mol. The van der Waals surface area contributed by atoms with Crippen molar-refractivity contribution >= 4 is 16.1 Å². The molecule has 10 heteroatoms. The number of piperazine rings is 1. The molecule has 0 N–H and O–H groups in total. The molecule has 2 heterocycles. The number of carbonyl (C=O) groups is 1. The molecule has 1 aliphatic heterocycles. The Morgan fingerprint density at radius 2 is 1.83 bits per heavy atom. The Morgan fingerprint density at radius 3 is 2.40 bits per heavy atom. The lowest BCUT2D eigenvalue weighted by Crippen LogP contribution is -2.51. The number of oxazole rings is 1. The summed E-state index contributed by atoms with van der Waals surface area (Å²) in [5, 5.41) is 8.93. The van der Waals surface area contributed by atoms with Gasteiger partial charge in [-0.2, -0.15) is 14.6 Å². The summed E-state index contributed by atoms with van der Waals surface area (Å²) in [6, 6.07) is 9.02. The molecule has 30 heavy (non-hydrogen) atoms. The number of aryl methyl sites for hydroxylation is 1. The minimum Gasteiger partial charge on any atom is -0.444 e. The number of aromatic nitrogens is 1. The first-order chi connectivity index (χ1) is 14.0. The van der Waals surface area contributed by atoms with Gasteiger partial charge in [0.2, 0.25) is 5.89 Å². The van der Waals surface area contributed by atoms with Crippen molar-refractivity contribution < 1.29 is 22.4 Å². The van der Waals surface area contributed by atoms with Gasteiger partial charge in [0.25, 0.3) is 15.1 Å². The van der Waals surface area contributed by atoms with Crippen LogP contribution in [0.1, 0.15) is 32.0 Å². The molecule has 0 radical (unpaired) electrons. The van der Waals surface area contributed by atoms with Crippen molar-refractivity contribution in [2.75, 3.05) is 26.2 Å². The first kappa shape index (κ1) is 21.8. The van der Waals surface area contributed by atoms with E-state index in [1.165, 1.54) is 9.21 Å². The quantitative estimate of drug-likeness (QED) is 0.732. The fraction of sp³-hybridized carbons (Fsp3) is 0.450. The monoisotopic (exact) mass is 432 g/mol. The molecule has 0 unspecified atom stereocenters. The predicted octanol–water partition coefficient (Wildman–Crippen LogP) is 2.76. The van der Waals surface area contributed by atoms with E-state index in [1.807, 2.05) is 25.1 Å². The van der Waals surface area contributed by atoms with Crippen LogP contribution in [0.2, 0.25) is 0 Å². The highest BCUT2D eigenvalue weighted by molar-refractivity contribution is 7.89. The Bertz CT molecular complexity index is 1090. The molecule has 0 saturated carbocycles. The summed E-state index contributed by atoms with van der Waals surface area (Å²) in [6.45, 7) is 7.62. The third-order valence-electron chi connectivity index (χ3n) is 4.54. The van der Waals surface area contributed by atoms with Crippen LogP contribution in [-0.2, 0) is 14.8 Å². The molecule has 1 aliphatic rings. The van der Waals surface area contributed by atoms with Gasteiger partial charge in [-0.05, 0) is 39.3 Å². The number of nitriles is 1. The van der Waals surface area contributed by atoms with Gasteiger partial charge in [0.1, 0.15) is 11.7 Å². The number of carbonyl (C=O) groups excluding carboxylic acids is 1. The van der Waals surface area contributed by atoms with Crippen molar-refractivity contribution in [2.45, 2.75) is 38.4 Å². The fourth-order valence-corrected chi connectivity index (χ4v) is 4.43. The number of hydrogen-bond donors (Lipinski definition) is 0. The second-order valence-electron chi connectivity index (χ2n) is 7.95. The van der Waals surface area contributed by atoms with Gasteiger partial charge >= 0.3 is 6.09 Å². The minimum atomic E-state index is -4.09. The van der Waals surface area contributed by atoms with Crippen LogP contribution in [0.15, 0.2) is 33.8 Å². The first-order valence-corrected chi connectivity index (χ1v) is 10.9. The van der Waals surface area contributed by atoms with Crippen LogP contribution in [0.4, 0.5) is 4.79 Å². The van der Waals surface area contributed by atoms with E-state index in [4.69, 9.17) is 9.15 Å². The zero-order chi connectivity index (χ0) is 22.1. The summed E-state index contributed by atoms with van der Waals surface area (Å²) in [5.74, 6) is 0.0793. The molecular formula is C20H24N4O5S. The lowest BCUT2D eigenvalue weighted by Gasteiger charge is -2.34. The van der Waals surface area contributed by atoms with Gasteiger partial charge in [-0.25, -0.2) is 13.2 Å². The highest BCUT2D eigenvalue weighted by Crippen LogP contribution is 2.29. The van der Waals surface area contributed by atoms with E-state index in [1.54, 1.807) is 32.9 Å². The second-order valence-corrected chi connectivity index (χ2v) is 9.79. The van der Waals surface area contributed by atoms with Crippen LogP contribution in [0, 0.1) is 18.3 Å². The predicted molar refractivity (Wildman–Crippen MR) is 108 cm³/mol. The number of ether oxygens (including phenoxy) is 1.